The average molecular weight is 222 g/mol. The van der Waals surface area contributed by atoms with Crippen molar-refractivity contribution in [2.75, 3.05) is 19.6 Å². The molecule has 0 aromatic carbocycles. The lowest BCUT2D eigenvalue weighted by Crippen LogP contribution is -2.41. The monoisotopic (exact) mass is 222 g/mol. The minimum absolute atomic E-state index is 0.133. The Labute approximate surface area is 98.2 Å². The Hall–Kier alpha value is -1.09. The van der Waals surface area contributed by atoms with E-state index < -0.39 is 0 Å². The molecule has 1 fully saturated rings. The van der Waals surface area contributed by atoms with E-state index in [0.717, 1.165) is 32.5 Å². The van der Waals surface area contributed by atoms with Crippen LogP contribution in [-0.2, 0) is 4.79 Å². The first kappa shape index (κ1) is 13.0. The van der Waals surface area contributed by atoms with Gasteiger partial charge in [0.15, 0.2) is 0 Å². The molecule has 1 aliphatic heterocycles. The standard InChI is InChI=1S/C13H22N2O/c1-3-5-6-7-13(16)15(10-4-2)12-8-9-14-11-12/h3,5-7,12,14H,4,8-11H2,1-2H3. The van der Waals surface area contributed by atoms with Gasteiger partial charge in [0.1, 0.15) is 0 Å². The van der Waals surface area contributed by atoms with Crippen LogP contribution in [0, 0.1) is 0 Å². The quantitative estimate of drug-likeness (QED) is 0.567. The van der Waals surface area contributed by atoms with Crippen molar-refractivity contribution in [2.45, 2.75) is 32.7 Å². The number of hydrogen-bond acceptors (Lipinski definition) is 2. The summed E-state index contributed by atoms with van der Waals surface area (Å²) in [4.78, 5) is 14.0. The van der Waals surface area contributed by atoms with Crippen LogP contribution in [0.2, 0.25) is 0 Å². The Bertz CT molecular complexity index is 265. The van der Waals surface area contributed by atoms with E-state index in [1.54, 1.807) is 6.08 Å². The molecule has 1 rings (SSSR count). The lowest BCUT2D eigenvalue weighted by molar-refractivity contribution is -0.127. The first-order valence-corrected chi connectivity index (χ1v) is 6.10. The third-order valence-corrected chi connectivity index (χ3v) is 2.77. The zero-order chi connectivity index (χ0) is 11.8. The van der Waals surface area contributed by atoms with E-state index in [4.69, 9.17) is 0 Å². The van der Waals surface area contributed by atoms with Crippen molar-refractivity contribution in [1.29, 1.82) is 0 Å². The van der Waals surface area contributed by atoms with E-state index in [1.807, 2.05) is 30.1 Å². The molecule has 1 unspecified atom stereocenters. The predicted molar refractivity (Wildman–Crippen MR) is 67.2 cm³/mol. The minimum atomic E-state index is 0.133. The fourth-order valence-electron chi connectivity index (χ4n) is 1.96. The van der Waals surface area contributed by atoms with Crippen molar-refractivity contribution in [3.8, 4) is 0 Å². The molecule has 0 aromatic rings. The van der Waals surface area contributed by atoms with E-state index in [-0.39, 0.29) is 5.91 Å². The van der Waals surface area contributed by atoms with Crippen LogP contribution in [0.1, 0.15) is 26.7 Å². The van der Waals surface area contributed by atoms with Gasteiger partial charge in [0.25, 0.3) is 0 Å². The fourth-order valence-corrected chi connectivity index (χ4v) is 1.96. The van der Waals surface area contributed by atoms with Crippen LogP contribution < -0.4 is 5.32 Å². The Morgan fingerprint density at radius 1 is 1.50 bits per heavy atom. The molecule has 90 valence electrons. The summed E-state index contributed by atoms with van der Waals surface area (Å²) in [5.41, 5.74) is 0. The molecule has 0 bridgehead atoms. The highest BCUT2D eigenvalue weighted by Crippen LogP contribution is 2.10. The molecule has 1 heterocycles. The van der Waals surface area contributed by atoms with Crippen LogP contribution in [0.5, 0.6) is 0 Å². The maximum absolute atomic E-state index is 12.0. The molecule has 3 heteroatoms. The number of nitrogens with zero attached hydrogens (tertiary/aromatic N) is 1. The van der Waals surface area contributed by atoms with Gasteiger partial charge in [0.2, 0.25) is 5.91 Å². The van der Waals surface area contributed by atoms with Gasteiger partial charge in [-0.2, -0.15) is 0 Å². The van der Waals surface area contributed by atoms with E-state index >= 15 is 0 Å². The highest BCUT2D eigenvalue weighted by Gasteiger charge is 2.24. The summed E-state index contributed by atoms with van der Waals surface area (Å²) < 4.78 is 0. The topological polar surface area (TPSA) is 32.3 Å². The zero-order valence-electron chi connectivity index (χ0n) is 10.3. The molecule has 0 aliphatic carbocycles. The molecule has 1 amide bonds. The summed E-state index contributed by atoms with van der Waals surface area (Å²) in [7, 11) is 0. The second-order valence-electron chi connectivity index (χ2n) is 4.06. The molecule has 0 saturated carbocycles. The third kappa shape index (κ3) is 3.81. The van der Waals surface area contributed by atoms with Gasteiger partial charge in [0.05, 0.1) is 0 Å². The lowest BCUT2D eigenvalue weighted by Gasteiger charge is -2.26. The number of hydrogen-bond donors (Lipinski definition) is 1. The molecule has 1 saturated heterocycles. The van der Waals surface area contributed by atoms with Gasteiger partial charge in [-0.3, -0.25) is 4.79 Å². The van der Waals surface area contributed by atoms with E-state index in [0.29, 0.717) is 6.04 Å². The largest absolute Gasteiger partial charge is 0.335 e. The summed E-state index contributed by atoms with van der Waals surface area (Å²) in [5.74, 6) is 0.133. The molecule has 0 spiro atoms. The van der Waals surface area contributed by atoms with Gasteiger partial charge in [-0.05, 0) is 26.3 Å². The van der Waals surface area contributed by atoms with Gasteiger partial charge in [0, 0.05) is 25.2 Å². The Morgan fingerprint density at radius 2 is 2.31 bits per heavy atom. The van der Waals surface area contributed by atoms with E-state index in [1.165, 1.54) is 0 Å². The van der Waals surface area contributed by atoms with Crippen LogP contribution in [0.4, 0.5) is 0 Å². The van der Waals surface area contributed by atoms with Crippen molar-refractivity contribution in [1.82, 2.24) is 10.2 Å². The van der Waals surface area contributed by atoms with Crippen molar-refractivity contribution in [2.24, 2.45) is 0 Å². The van der Waals surface area contributed by atoms with Gasteiger partial charge in [-0.1, -0.05) is 25.2 Å². The molecule has 3 nitrogen and oxygen atoms in total. The highest BCUT2D eigenvalue weighted by atomic mass is 16.2. The SMILES string of the molecule is CC=CC=CC(=O)N(CCC)C1CCNC1. The van der Waals surface area contributed by atoms with Gasteiger partial charge >= 0.3 is 0 Å². The number of carbonyl (C=O) groups excluding carboxylic acids is 1. The predicted octanol–water partition coefficient (Wildman–Crippen LogP) is 1.72. The van der Waals surface area contributed by atoms with Gasteiger partial charge in [-0.15, -0.1) is 0 Å². The molecular formula is C13H22N2O. The Morgan fingerprint density at radius 3 is 2.88 bits per heavy atom. The first-order chi connectivity index (χ1) is 7.79. The third-order valence-electron chi connectivity index (χ3n) is 2.77. The number of nitrogens with one attached hydrogen (secondary N) is 1. The molecular weight excluding hydrogens is 200 g/mol. The number of rotatable bonds is 5. The van der Waals surface area contributed by atoms with Crippen LogP contribution in [0.25, 0.3) is 0 Å². The average Bonchev–Trinajstić information content (AvgIpc) is 2.79. The summed E-state index contributed by atoms with van der Waals surface area (Å²) >= 11 is 0. The maximum Gasteiger partial charge on any atom is 0.246 e. The maximum atomic E-state index is 12.0. The summed E-state index contributed by atoms with van der Waals surface area (Å²) in [6.45, 7) is 6.86. The first-order valence-electron chi connectivity index (χ1n) is 6.10. The number of amides is 1. The Kier molecular flexibility index (Phi) is 5.86. The second-order valence-corrected chi connectivity index (χ2v) is 4.06. The summed E-state index contributed by atoms with van der Waals surface area (Å²) in [6.07, 6.45) is 9.37. The zero-order valence-corrected chi connectivity index (χ0v) is 10.3. The van der Waals surface area contributed by atoms with Gasteiger partial charge in [-0.25, -0.2) is 0 Å². The van der Waals surface area contributed by atoms with Crippen LogP contribution in [-0.4, -0.2) is 36.5 Å². The minimum Gasteiger partial charge on any atom is -0.335 e. The second kappa shape index (κ2) is 7.23. The van der Waals surface area contributed by atoms with E-state index in [2.05, 4.69) is 12.2 Å². The molecule has 1 N–H and O–H groups in total. The lowest BCUT2D eigenvalue weighted by atomic mass is 10.2. The smallest absolute Gasteiger partial charge is 0.246 e. The van der Waals surface area contributed by atoms with Crippen molar-refractivity contribution >= 4 is 5.91 Å². The van der Waals surface area contributed by atoms with Crippen molar-refractivity contribution in [3.63, 3.8) is 0 Å². The molecule has 0 radical (unpaired) electrons. The van der Waals surface area contributed by atoms with Crippen LogP contribution in [0.3, 0.4) is 0 Å². The van der Waals surface area contributed by atoms with Crippen LogP contribution in [0.15, 0.2) is 24.3 Å². The van der Waals surface area contributed by atoms with Crippen LogP contribution >= 0.6 is 0 Å². The fraction of sp³-hybridized carbons (Fsp3) is 0.615. The molecule has 1 atom stereocenters. The van der Waals surface area contributed by atoms with Crippen molar-refractivity contribution in [3.05, 3.63) is 24.3 Å². The van der Waals surface area contributed by atoms with E-state index in [9.17, 15) is 4.79 Å². The number of carbonyl (C=O) groups is 1. The molecule has 0 aromatic heterocycles. The van der Waals surface area contributed by atoms with Crippen molar-refractivity contribution < 1.29 is 4.79 Å². The molecule has 1 aliphatic rings. The molecule has 16 heavy (non-hydrogen) atoms. The summed E-state index contributed by atoms with van der Waals surface area (Å²) in [5, 5.41) is 3.30. The Balaban J connectivity index is 2.57. The van der Waals surface area contributed by atoms with Gasteiger partial charge < -0.3 is 10.2 Å². The normalized spacial score (nSPS) is 21.0. The highest BCUT2D eigenvalue weighted by molar-refractivity contribution is 5.88. The number of allylic oxidation sites excluding steroid dienone is 3. The summed E-state index contributed by atoms with van der Waals surface area (Å²) in [6, 6.07) is 0.378.